The van der Waals surface area contributed by atoms with Gasteiger partial charge in [-0.25, -0.2) is 0 Å². The minimum absolute atomic E-state index is 0.465. The van der Waals surface area contributed by atoms with E-state index in [1.54, 1.807) is 7.11 Å². The van der Waals surface area contributed by atoms with Gasteiger partial charge in [0.05, 0.1) is 12.7 Å². The molecule has 1 aromatic carbocycles. The molecule has 78 valence electrons. The predicted octanol–water partition coefficient (Wildman–Crippen LogP) is 2.10. The van der Waals surface area contributed by atoms with Crippen molar-refractivity contribution in [2.24, 2.45) is 0 Å². The molecule has 15 heavy (non-hydrogen) atoms. The SMILES string of the molecule is COc1cc(C)ccc1-c1nnc(N)s1. The summed E-state index contributed by atoms with van der Waals surface area (Å²) < 4.78 is 5.29. The van der Waals surface area contributed by atoms with Crippen molar-refractivity contribution in [1.29, 1.82) is 0 Å². The molecule has 0 saturated heterocycles. The maximum absolute atomic E-state index is 5.54. The largest absolute Gasteiger partial charge is 0.496 e. The third-order valence-corrected chi connectivity index (χ3v) is 2.81. The Bertz CT molecular complexity index is 481. The van der Waals surface area contributed by atoms with E-state index in [0.717, 1.165) is 21.9 Å². The fourth-order valence-corrected chi connectivity index (χ4v) is 1.96. The van der Waals surface area contributed by atoms with E-state index in [2.05, 4.69) is 10.2 Å². The first-order valence-corrected chi connectivity index (χ1v) is 5.26. The van der Waals surface area contributed by atoms with Crippen LogP contribution < -0.4 is 10.5 Å². The molecule has 1 heterocycles. The number of ether oxygens (including phenoxy) is 1. The Labute approximate surface area is 91.7 Å². The van der Waals surface area contributed by atoms with Gasteiger partial charge in [-0.1, -0.05) is 17.4 Å². The number of methoxy groups -OCH3 is 1. The highest BCUT2D eigenvalue weighted by atomic mass is 32.1. The monoisotopic (exact) mass is 221 g/mol. The molecule has 4 nitrogen and oxygen atoms in total. The van der Waals surface area contributed by atoms with Gasteiger partial charge in [0.2, 0.25) is 5.13 Å². The van der Waals surface area contributed by atoms with Gasteiger partial charge in [0, 0.05) is 0 Å². The van der Waals surface area contributed by atoms with Gasteiger partial charge in [-0.2, -0.15) is 0 Å². The fourth-order valence-electron chi connectivity index (χ4n) is 1.32. The van der Waals surface area contributed by atoms with Crippen LogP contribution >= 0.6 is 11.3 Å². The number of aromatic nitrogens is 2. The summed E-state index contributed by atoms with van der Waals surface area (Å²) in [4.78, 5) is 0. The van der Waals surface area contributed by atoms with Crippen LogP contribution in [-0.2, 0) is 0 Å². The van der Waals surface area contributed by atoms with Gasteiger partial charge in [0.15, 0.2) is 5.01 Å². The molecule has 0 fully saturated rings. The summed E-state index contributed by atoms with van der Waals surface area (Å²) in [5, 5.41) is 9.02. The summed E-state index contributed by atoms with van der Waals surface area (Å²) in [5.74, 6) is 0.797. The summed E-state index contributed by atoms with van der Waals surface area (Å²) in [5.41, 5.74) is 7.62. The van der Waals surface area contributed by atoms with E-state index < -0.39 is 0 Å². The maximum atomic E-state index is 5.54. The van der Waals surface area contributed by atoms with Crippen molar-refractivity contribution in [3.63, 3.8) is 0 Å². The topological polar surface area (TPSA) is 61.0 Å². The molecule has 0 bridgehead atoms. The molecule has 0 radical (unpaired) electrons. The molecule has 2 rings (SSSR count). The van der Waals surface area contributed by atoms with Crippen LogP contribution in [0.4, 0.5) is 5.13 Å². The third-order valence-electron chi connectivity index (χ3n) is 2.03. The minimum Gasteiger partial charge on any atom is -0.496 e. The average Bonchev–Trinajstić information content (AvgIpc) is 2.64. The molecule has 0 saturated carbocycles. The fraction of sp³-hybridized carbons (Fsp3) is 0.200. The molecular formula is C10H11N3OS. The number of nitrogen functional groups attached to an aromatic ring is 1. The number of nitrogens with zero attached hydrogens (tertiary/aromatic N) is 2. The van der Waals surface area contributed by atoms with Crippen molar-refractivity contribution in [2.75, 3.05) is 12.8 Å². The second-order valence-electron chi connectivity index (χ2n) is 3.15. The van der Waals surface area contributed by atoms with E-state index in [0.29, 0.717) is 5.13 Å². The minimum atomic E-state index is 0.465. The molecule has 0 unspecified atom stereocenters. The number of aryl methyl sites for hydroxylation is 1. The van der Waals surface area contributed by atoms with Crippen LogP contribution in [0.15, 0.2) is 18.2 Å². The number of rotatable bonds is 2. The zero-order valence-electron chi connectivity index (χ0n) is 8.52. The standard InChI is InChI=1S/C10H11N3OS/c1-6-3-4-7(8(5-6)14-2)9-12-13-10(11)15-9/h3-5H,1-2H3,(H2,11,13). The molecule has 0 aliphatic rings. The van der Waals surface area contributed by atoms with E-state index >= 15 is 0 Å². The average molecular weight is 221 g/mol. The number of hydrogen-bond acceptors (Lipinski definition) is 5. The first-order chi connectivity index (χ1) is 7.20. The van der Waals surface area contributed by atoms with Crippen LogP contribution in [0.3, 0.4) is 0 Å². The van der Waals surface area contributed by atoms with Crippen molar-refractivity contribution in [1.82, 2.24) is 10.2 Å². The Kier molecular flexibility index (Phi) is 2.55. The molecule has 1 aromatic heterocycles. The summed E-state index contributed by atoms with van der Waals surface area (Å²) in [6, 6.07) is 5.94. The maximum Gasteiger partial charge on any atom is 0.203 e. The van der Waals surface area contributed by atoms with Crippen LogP contribution in [0.1, 0.15) is 5.56 Å². The van der Waals surface area contributed by atoms with E-state index in [-0.39, 0.29) is 0 Å². The number of benzene rings is 1. The van der Waals surface area contributed by atoms with E-state index in [1.165, 1.54) is 11.3 Å². The first kappa shape index (κ1) is 9.92. The molecule has 0 atom stereocenters. The smallest absolute Gasteiger partial charge is 0.203 e. The van der Waals surface area contributed by atoms with Gasteiger partial charge in [-0.05, 0) is 24.6 Å². The Hall–Kier alpha value is -1.62. The van der Waals surface area contributed by atoms with Crippen LogP contribution in [0.5, 0.6) is 5.75 Å². The molecule has 0 aliphatic carbocycles. The summed E-state index contributed by atoms with van der Waals surface area (Å²) in [7, 11) is 1.64. The lowest BCUT2D eigenvalue weighted by Gasteiger charge is -2.05. The summed E-state index contributed by atoms with van der Waals surface area (Å²) in [6.45, 7) is 2.01. The van der Waals surface area contributed by atoms with E-state index in [4.69, 9.17) is 10.5 Å². The van der Waals surface area contributed by atoms with Crippen LogP contribution in [0.2, 0.25) is 0 Å². The van der Waals surface area contributed by atoms with Crippen LogP contribution in [0.25, 0.3) is 10.6 Å². The van der Waals surface area contributed by atoms with Crippen molar-refractivity contribution in [2.45, 2.75) is 6.92 Å². The zero-order valence-corrected chi connectivity index (χ0v) is 9.34. The Morgan fingerprint density at radius 1 is 1.33 bits per heavy atom. The van der Waals surface area contributed by atoms with Gasteiger partial charge in [-0.15, -0.1) is 10.2 Å². The normalized spacial score (nSPS) is 10.3. The number of hydrogen-bond donors (Lipinski definition) is 1. The lowest BCUT2D eigenvalue weighted by atomic mass is 10.1. The number of nitrogens with two attached hydrogens (primary N) is 1. The van der Waals surface area contributed by atoms with Crippen molar-refractivity contribution >= 4 is 16.5 Å². The Morgan fingerprint density at radius 3 is 2.73 bits per heavy atom. The van der Waals surface area contributed by atoms with Gasteiger partial charge in [0.1, 0.15) is 5.75 Å². The highest BCUT2D eigenvalue weighted by Crippen LogP contribution is 2.33. The summed E-state index contributed by atoms with van der Waals surface area (Å²) >= 11 is 1.35. The predicted molar refractivity (Wildman–Crippen MR) is 61.0 cm³/mol. The quantitative estimate of drug-likeness (QED) is 0.843. The van der Waals surface area contributed by atoms with Gasteiger partial charge in [0.25, 0.3) is 0 Å². The van der Waals surface area contributed by atoms with Crippen molar-refractivity contribution < 1.29 is 4.74 Å². The second-order valence-corrected chi connectivity index (χ2v) is 4.16. The zero-order chi connectivity index (χ0) is 10.8. The molecule has 2 aromatic rings. The molecule has 0 spiro atoms. The van der Waals surface area contributed by atoms with Gasteiger partial charge in [-0.3, -0.25) is 0 Å². The molecule has 2 N–H and O–H groups in total. The van der Waals surface area contributed by atoms with Gasteiger partial charge >= 0.3 is 0 Å². The van der Waals surface area contributed by atoms with E-state index in [1.807, 2.05) is 25.1 Å². The van der Waals surface area contributed by atoms with Gasteiger partial charge < -0.3 is 10.5 Å². The van der Waals surface area contributed by atoms with Crippen LogP contribution in [-0.4, -0.2) is 17.3 Å². The molecule has 0 aliphatic heterocycles. The van der Waals surface area contributed by atoms with Crippen molar-refractivity contribution in [3.8, 4) is 16.3 Å². The van der Waals surface area contributed by atoms with E-state index in [9.17, 15) is 0 Å². The Morgan fingerprint density at radius 2 is 2.13 bits per heavy atom. The first-order valence-electron chi connectivity index (χ1n) is 4.44. The van der Waals surface area contributed by atoms with Crippen molar-refractivity contribution in [3.05, 3.63) is 23.8 Å². The second kappa shape index (κ2) is 3.86. The third kappa shape index (κ3) is 1.92. The molecular weight excluding hydrogens is 210 g/mol. The lowest BCUT2D eigenvalue weighted by Crippen LogP contribution is -1.88. The molecule has 0 amide bonds. The van der Waals surface area contributed by atoms with Crippen LogP contribution in [0, 0.1) is 6.92 Å². The Balaban J connectivity index is 2.52. The molecule has 5 heteroatoms. The lowest BCUT2D eigenvalue weighted by molar-refractivity contribution is 0.416. The highest BCUT2D eigenvalue weighted by molar-refractivity contribution is 7.18. The number of anilines is 1. The summed E-state index contributed by atoms with van der Waals surface area (Å²) in [6.07, 6.45) is 0. The highest BCUT2D eigenvalue weighted by Gasteiger charge is 2.10.